The van der Waals surface area contributed by atoms with Crippen LogP contribution < -0.4 is 0 Å². The molecule has 80 valence electrons. The Hall–Kier alpha value is -0.0931. The Kier molecular flexibility index (Phi) is 7.05. The van der Waals surface area contributed by atoms with E-state index < -0.39 is 0 Å². The maximum Gasteiger partial charge on any atom is 0.234 e. The van der Waals surface area contributed by atoms with Crippen molar-refractivity contribution >= 4 is 26.0 Å². The SMILES string of the molecule is O=C=NCCCS[SiH2]C1CCCCO1. The Labute approximate surface area is 91.2 Å². The Morgan fingerprint density at radius 1 is 1.57 bits per heavy atom. The Morgan fingerprint density at radius 3 is 3.21 bits per heavy atom. The summed E-state index contributed by atoms with van der Waals surface area (Å²) in [7, 11) is -0.114. The molecule has 0 bridgehead atoms. The van der Waals surface area contributed by atoms with E-state index in [2.05, 4.69) is 4.99 Å². The van der Waals surface area contributed by atoms with Crippen molar-refractivity contribution in [3.63, 3.8) is 0 Å². The molecule has 0 aromatic heterocycles. The van der Waals surface area contributed by atoms with Gasteiger partial charge in [0.05, 0.1) is 12.3 Å². The quantitative estimate of drug-likeness (QED) is 0.297. The fourth-order valence-corrected chi connectivity index (χ4v) is 5.62. The molecule has 0 aromatic carbocycles. The van der Waals surface area contributed by atoms with Gasteiger partial charge in [-0.15, -0.1) is 0 Å². The first-order chi connectivity index (χ1) is 6.93. The van der Waals surface area contributed by atoms with E-state index >= 15 is 0 Å². The first kappa shape index (κ1) is 12.0. The first-order valence-electron chi connectivity index (χ1n) is 5.16. The molecule has 0 amide bonds. The molecule has 0 aromatic rings. The van der Waals surface area contributed by atoms with Gasteiger partial charge in [-0.2, -0.15) is 11.2 Å². The minimum absolute atomic E-state index is 0.114. The molecule has 0 radical (unpaired) electrons. The van der Waals surface area contributed by atoms with Crippen molar-refractivity contribution in [1.29, 1.82) is 0 Å². The van der Waals surface area contributed by atoms with E-state index in [0.29, 0.717) is 12.3 Å². The summed E-state index contributed by atoms with van der Waals surface area (Å²) >= 11 is 2.03. The predicted octanol–water partition coefficient (Wildman–Crippen LogP) is 1.06. The number of hydrogen-bond acceptors (Lipinski definition) is 4. The topological polar surface area (TPSA) is 38.7 Å². The number of isocyanates is 1. The highest BCUT2D eigenvalue weighted by Gasteiger charge is 2.13. The molecule has 1 saturated heterocycles. The largest absolute Gasteiger partial charge is 0.381 e. The van der Waals surface area contributed by atoms with Crippen LogP contribution in [0.25, 0.3) is 0 Å². The number of aliphatic imine (C=N–C) groups is 1. The monoisotopic (exact) mass is 231 g/mol. The van der Waals surface area contributed by atoms with Crippen molar-refractivity contribution in [3.05, 3.63) is 0 Å². The van der Waals surface area contributed by atoms with E-state index in [-0.39, 0.29) is 8.67 Å². The second-order valence-corrected chi connectivity index (χ2v) is 7.68. The third-order valence-corrected chi connectivity index (χ3v) is 6.72. The van der Waals surface area contributed by atoms with E-state index in [9.17, 15) is 4.79 Å². The molecular weight excluding hydrogens is 214 g/mol. The maximum absolute atomic E-state index is 9.78. The standard InChI is InChI=1S/C9H17NO2SSi/c11-8-10-5-3-7-13-14-9-4-1-2-6-12-9/h9H,1-7,14H2. The fraction of sp³-hybridized carbons (Fsp3) is 0.889. The van der Waals surface area contributed by atoms with Crippen molar-refractivity contribution in [2.24, 2.45) is 4.99 Å². The second kappa shape index (κ2) is 8.23. The third-order valence-electron chi connectivity index (χ3n) is 2.20. The van der Waals surface area contributed by atoms with Gasteiger partial charge in [-0.3, -0.25) is 0 Å². The molecule has 1 unspecified atom stereocenters. The van der Waals surface area contributed by atoms with Crippen molar-refractivity contribution < 1.29 is 9.53 Å². The second-order valence-electron chi connectivity index (χ2n) is 3.39. The smallest absolute Gasteiger partial charge is 0.234 e. The van der Waals surface area contributed by atoms with Crippen LogP contribution in [0.4, 0.5) is 0 Å². The van der Waals surface area contributed by atoms with E-state index in [1.54, 1.807) is 6.08 Å². The molecule has 0 aliphatic carbocycles. The van der Waals surface area contributed by atoms with Crippen molar-refractivity contribution in [1.82, 2.24) is 0 Å². The number of nitrogens with zero attached hydrogens (tertiary/aromatic N) is 1. The van der Waals surface area contributed by atoms with E-state index in [1.807, 2.05) is 11.2 Å². The average molecular weight is 231 g/mol. The summed E-state index contributed by atoms with van der Waals surface area (Å²) in [5, 5.41) is 0. The number of carbonyl (C=O) groups excluding carboxylic acids is 1. The summed E-state index contributed by atoms with van der Waals surface area (Å²) in [5.74, 6) is 1.12. The molecular formula is C9H17NO2SSi. The van der Waals surface area contributed by atoms with Gasteiger partial charge in [0, 0.05) is 6.61 Å². The van der Waals surface area contributed by atoms with Crippen LogP contribution in [0.15, 0.2) is 4.99 Å². The van der Waals surface area contributed by atoms with Gasteiger partial charge in [-0.05, 0) is 31.4 Å². The molecule has 1 rings (SSSR count). The van der Waals surface area contributed by atoms with Gasteiger partial charge >= 0.3 is 0 Å². The molecule has 1 aliphatic heterocycles. The van der Waals surface area contributed by atoms with Gasteiger partial charge in [-0.25, -0.2) is 9.79 Å². The van der Waals surface area contributed by atoms with E-state index in [4.69, 9.17) is 4.74 Å². The van der Waals surface area contributed by atoms with Gasteiger partial charge < -0.3 is 4.74 Å². The molecule has 0 saturated carbocycles. The van der Waals surface area contributed by atoms with Gasteiger partial charge in [0.1, 0.15) is 8.67 Å². The molecule has 3 nitrogen and oxygen atoms in total. The summed E-state index contributed by atoms with van der Waals surface area (Å²) < 4.78 is 5.66. The number of ether oxygens (including phenoxy) is 1. The lowest BCUT2D eigenvalue weighted by molar-refractivity contribution is 0.0668. The van der Waals surface area contributed by atoms with Gasteiger partial charge in [0.15, 0.2) is 0 Å². The summed E-state index contributed by atoms with van der Waals surface area (Å²) in [5.41, 5.74) is 0.600. The highest BCUT2D eigenvalue weighted by atomic mass is 32.4. The molecule has 0 N–H and O–H groups in total. The zero-order chi connectivity index (χ0) is 10.1. The van der Waals surface area contributed by atoms with Crippen LogP contribution >= 0.6 is 11.2 Å². The lowest BCUT2D eigenvalue weighted by atomic mass is 10.2. The van der Waals surface area contributed by atoms with Crippen LogP contribution in [-0.2, 0) is 9.53 Å². The third kappa shape index (κ3) is 5.60. The summed E-state index contributed by atoms with van der Waals surface area (Å²) in [6.45, 7) is 1.60. The van der Waals surface area contributed by atoms with Gasteiger partial charge in [0.2, 0.25) is 6.08 Å². The first-order valence-corrected chi connectivity index (χ1v) is 8.87. The highest BCUT2D eigenvalue weighted by molar-refractivity contribution is 8.22. The fourth-order valence-electron chi connectivity index (χ4n) is 1.44. The van der Waals surface area contributed by atoms with Crippen LogP contribution in [0.2, 0.25) is 0 Å². The summed E-state index contributed by atoms with van der Waals surface area (Å²) in [4.78, 5) is 13.3. The Bertz CT molecular complexity index is 191. The number of hydrogen-bond donors (Lipinski definition) is 0. The van der Waals surface area contributed by atoms with Crippen LogP contribution in [0, 0.1) is 0 Å². The lowest BCUT2D eigenvalue weighted by Crippen LogP contribution is -2.23. The van der Waals surface area contributed by atoms with Crippen LogP contribution in [0.1, 0.15) is 25.7 Å². The Balaban J connectivity index is 1.89. The summed E-state index contributed by atoms with van der Waals surface area (Å²) in [6, 6.07) is 0. The highest BCUT2D eigenvalue weighted by Crippen LogP contribution is 2.15. The van der Waals surface area contributed by atoms with Gasteiger partial charge in [-0.1, -0.05) is 0 Å². The molecule has 1 heterocycles. The van der Waals surface area contributed by atoms with E-state index in [0.717, 1.165) is 18.8 Å². The van der Waals surface area contributed by atoms with Crippen LogP contribution in [0.5, 0.6) is 0 Å². The molecule has 14 heavy (non-hydrogen) atoms. The van der Waals surface area contributed by atoms with E-state index in [1.165, 1.54) is 19.3 Å². The van der Waals surface area contributed by atoms with Crippen molar-refractivity contribution in [2.45, 2.75) is 31.4 Å². The van der Waals surface area contributed by atoms with Crippen LogP contribution in [-0.4, -0.2) is 39.4 Å². The van der Waals surface area contributed by atoms with Gasteiger partial charge in [0.25, 0.3) is 0 Å². The Morgan fingerprint density at radius 2 is 2.50 bits per heavy atom. The molecule has 1 fully saturated rings. The zero-order valence-corrected chi connectivity index (χ0v) is 10.6. The molecule has 1 atom stereocenters. The average Bonchev–Trinajstić information content (AvgIpc) is 2.25. The molecule has 1 aliphatic rings. The lowest BCUT2D eigenvalue weighted by Gasteiger charge is -2.21. The predicted molar refractivity (Wildman–Crippen MR) is 62.2 cm³/mol. The number of rotatable bonds is 6. The minimum Gasteiger partial charge on any atom is -0.381 e. The zero-order valence-electron chi connectivity index (χ0n) is 8.41. The summed E-state index contributed by atoms with van der Waals surface area (Å²) in [6.07, 6.45) is 6.41. The molecule has 0 spiro atoms. The minimum atomic E-state index is -0.114. The normalized spacial score (nSPS) is 22.4. The van der Waals surface area contributed by atoms with Crippen molar-refractivity contribution in [3.8, 4) is 0 Å². The van der Waals surface area contributed by atoms with Crippen LogP contribution in [0.3, 0.4) is 0 Å². The van der Waals surface area contributed by atoms with Crippen molar-refractivity contribution in [2.75, 3.05) is 18.9 Å². The molecule has 5 heteroatoms. The maximum atomic E-state index is 9.78.